The summed E-state index contributed by atoms with van der Waals surface area (Å²) >= 11 is 3.44. The molecule has 0 aliphatic heterocycles. The molecule has 2 aromatic carbocycles. The molecular weight excluding hydrogens is 398 g/mol. The lowest BCUT2D eigenvalue weighted by Crippen LogP contribution is -2.26. The maximum absolute atomic E-state index is 13.1. The minimum Gasteiger partial charge on any atom is -0.337 e. The zero-order valence-corrected chi connectivity index (χ0v) is 17.7. The predicted octanol–water partition coefficient (Wildman–Crippen LogP) is 5.50. The van der Waals surface area contributed by atoms with E-state index in [-0.39, 0.29) is 5.91 Å². The Morgan fingerprint density at radius 2 is 1.86 bits per heavy atom. The highest BCUT2D eigenvalue weighted by Crippen LogP contribution is 2.28. The molecule has 2 aromatic heterocycles. The molecule has 6 heteroatoms. The topological polar surface area (TPSA) is 38.1 Å². The summed E-state index contributed by atoms with van der Waals surface area (Å²) in [6.45, 7) is 0.510. The summed E-state index contributed by atoms with van der Waals surface area (Å²) in [7, 11) is 1.84. The Bertz CT molecular complexity index is 1070. The van der Waals surface area contributed by atoms with Gasteiger partial charge in [-0.2, -0.15) is 5.10 Å². The molecule has 0 saturated heterocycles. The molecule has 4 nitrogen and oxygen atoms in total. The first-order valence-electron chi connectivity index (χ1n) is 9.29. The quantitative estimate of drug-likeness (QED) is 0.371. The Morgan fingerprint density at radius 1 is 1.07 bits per heavy atom. The van der Waals surface area contributed by atoms with Gasteiger partial charge in [-0.1, -0.05) is 36.4 Å². The highest BCUT2D eigenvalue weighted by Gasteiger charge is 2.17. The molecule has 4 aromatic rings. The molecule has 0 fully saturated rings. The van der Waals surface area contributed by atoms with Crippen LogP contribution in [0.4, 0.5) is 0 Å². The summed E-state index contributed by atoms with van der Waals surface area (Å²) in [5.41, 5.74) is 2.74. The van der Waals surface area contributed by atoms with E-state index in [2.05, 4.69) is 22.6 Å². The number of carbonyl (C=O) groups is 1. The van der Waals surface area contributed by atoms with Crippen LogP contribution in [0.25, 0.3) is 5.69 Å². The molecule has 0 aliphatic rings. The van der Waals surface area contributed by atoms with E-state index in [4.69, 9.17) is 0 Å². The van der Waals surface area contributed by atoms with Crippen LogP contribution in [0.3, 0.4) is 0 Å². The molecule has 0 N–H and O–H groups in total. The number of nitrogens with zero attached hydrogens (tertiary/aromatic N) is 3. The third-order valence-electron chi connectivity index (χ3n) is 4.49. The molecule has 0 aliphatic carbocycles. The maximum atomic E-state index is 13.1. The van der Waals surface area contributed by atoms with Gasteiger partial charge in [0, 0.05) is 40.9 Å². The molecule has 0 unspecified atom stereocenters. The molecule has 0 saturated carbocycles. The van der Waals surface area contributed by atoms with E-state index in [1.165, 1.54) is 4.88 Å². The third kappa shape index (κ3) is 4.78. The van der Waals surface area contributed by atoms with Crippen LogP contribution in [-0.2, 0) is 12.3 Å². The largest absolute Gasteiger partial charge is 0.337 e. The van der Waals surface area contributed by atoms with Crippen LogP contribution in [0, 0.1) is 0 Å². The summed E-state index contributed by atoms with van der Waals surface area (Å²) in [5, 5.41) is 6.50. The standard InChI is InChI=1S/C23H21N3OS2/c1-25(15-18-14-24-26(16-18)19-8-3-2-4-9-19)23(27)21-11-5-6-12-22(21)29-17-20-10-7-13-28-20/h2-14,16H,15,17H2,1H3. The van der Waals surface area contributed by atoms with Gasteiger partial charge < -0.3 is 4.90 Å². The fraction of sp³-hybridized carbons (Fsp3) is 0.130. The average molecular weight is 420 g/mol. The van der Waals surface area contributed by atoms with E-state index in [0.717, 1.165) is 27.5 Å². The molecule has 1 amide bonds. The van der Waals surface area contributed by atoms with Gasteiger partial charge in [0.05, 0.1) is 17.4 Å². The number of hydrogen-bond acceptors (Lipinski definition) is 4. The lowest BCUT2D eigenvalue weighted by molar-refractivity contribution is 0.0781. The van der Waals surface area contributed by atoms with Crippen molar-refractivity contribution >= 4 is 29.0 Å². The van der Waals surface area contributed by atoms with Crippen molar-refractivity contribution in [3.8, 4) is 5.69 Å². The van der Waals surface area contributed by atoms with Crippen molar-refractivity contribution in [2.75, 3.05) is 7.05 Å². The number of aromatic nitrogens is 2. The number of benzene rings is 2. The van der Waals surface area contributed by atoms with Gasteiger partial charge in [-0.3, -0.25) is 4.79 Å². The van der Waals surface area contributed by atoms with Crippen LogP contribution in [0.1, 0.15) is 20.8 Å². The van der Waals surface area contributed by atoms with E-state index >= 15 is 0 Å². The first-order chi connectivity index (χ1) is 14.2. The Balaban J connectivity index is 1.45. The van der Waals surface area contributed by atoms with Crippen molar-refractivity contribution < 1.29 is 4.79 Å². The zero-order valence-electron chi connectivity index (χ0n) is 16.1. The third-order valence-corrected chi connectivity index (χ3v) is 6.67. The number of rotatable bonds is 7. The van der Waals surface area contributed by atoms with Crippen LogP contribution in [0.5, 0.6) is 0 Å². The van der Waals surface area contributed by atoms with Gasteiger partial charge in [0.15, 0.2) is 0 Å². The zero-order chi connectivity index (χ0) is 20.1. The molecule has 29 heavy (non-hydrogen) atoms. The highest BCUT2D eigenvalue weighted by atomic mass is 32.2. The van der Waals surface area contributed by atoms with Crippen LogP contribution < -0.4 is 0 Å². The molecular formula is C23H21N3OS2. The van der Waals surface area contributed by atoms with Gasteiger partial charge in [0.1, 0.15) is 0 Å². The van der Waals surface area contributed by atoms with Crippen molar-refractivity contribution in [3.05, 3.63) is 101 Å². The Kier molecular flexibility index (Phi) is 6.12. The van der Waals surface area contributed by atoms with E-state index in [1.807, 2.05) is 78.7 Å². The van der Waals surface area contributed by atoms with Crippen molar-refractivity contribution in [1.29, 1.82) is 0 Å². The second-order valence-electron chi connectivity index (χ2n) is 6.65. The van der Waals surface area contributed by atoms with Gasteiger partial charge in [-0.25, -0.2) is 4.68 Å². The predicted molar refractivity (Wildman–Crippen MR) is 120 cm³/mol. The van der Waals surface area contributed by atoms with Gasteiger partial charge in [0.25, 0.3) is 5.91 Å². The normalized spacial score (nSPS) is 10.8. The summed E-state index contributed by atoms with van der Waals surface area (Å²) in [5.74, 6) is 0.891. The first-order valence-corrected chi connectivity index (χ1v) is 11.2. The van der Waals surface area contributed by atoms with E-state index in [0.29, 0.717) is 6.54 Å². The van der Waals surface area contributed by atoms with Gasteiger partial charge >= 0.3 is 0 Å². The molecule has 0 bridgehead atoms. The molecule has 0 atom stereocenters. The fourth-order valence-electron chi connectivity index (χ4n) is 3.03. The van der Waals surface area contributed by atoms with Crippen LogP contribution >= 0.6 is 23.1 Å². The Labute approximate surface area is 178 Å². The number of para-hydroxylation sites is 1. The van der Waals surface area contributed by atoms with Gasteiger partial charge in [-0.15, -0.1) is 23.1 Å². The minimum atomic E-state index is 0.0201. The van der Waals surface area contributed by atoms with Gasteiger partial charge in [-0.05, 0) is 35.7 Å². The molecule has 0 radical (unpaired) electrons. The van der Waals surface area contributed by atoms with Crippen molar-refractivity contribution in [1.82, 2.24) is 14.7 Å². The molecule has 2 heterocycles. The number of hydrogen-bond donors (Lipinski definition) is 0. The van der Waals surface area contributed by atoms with Crippen LogP contribution in [-0.4, -0.2) is 27.6 Å². The SMILES string of the molecule is CN(Cc1cnn(-c2ccccc2)c1)C(=O)c1ccccc1SCc1cccs1. The smallest absolute Gasteiger partial charge is 0.255 e. The van der Waals surface area contributed by atoms with Crippen molar-refractivity contribution in [3.63, 3.8) is 0 Å². The number of carbonyl (C=O) groups excluding carboxylic acids is 1. The highest BCUT2D eigenvalue weighted by molar-refractivity contribution is 7.98. The summed E-state index contributed by atoms with van der Waals surface area (Å²) in [6.07, 6.45) is 3.78. The second kappa shape index (κ2) is 9.11. The van der Waals surface area contributed by atoms with Crippen molar-refractivity contribution in [2.45, 2.75) is 17.2 Å². The Morgan fingerprint density at radius 3 is 2.66 bits per heavy atom. The monoisotopic (exact) mass is 419 g/mol. The van der Waals surface area contributed by atoms with E-state index < -0.39 is 0 Å². The average Bonchev–Trinajstić information content (AvgIpc) is 3.45. The van der Waals surface area contributed by atoms with Gasteiger partial charge in [0.2, 0.25) is 0 Å². The molecule has 146 valence electrons. The first kappa shape index (κ1) is 19.5. The van der Waals surface area contributed by atoms with Crippen LogP contribution in [0.15, 0.2) is 89.4 Å². The summed E-state index contributed by atoms with van der Waals surface area (Å²) < 4.78 is 1.83. The van der Waals surface area contributed by atoms with E-state index in [1.54, 1.807) is 28.0 Å². The number of amides is 1. The number of thiophene rings is 1. The lowest BCUT2D eigenvalue weighted by Gasteiger charge is -2.18. The lowest BCUT2D eigenvalue weighted by atomic mass is 10.2. The summed E-state index contributed by atoms with van der Waals surface area (Å²) in [6, 6.07) is 22.0. The number of thioether (sulfide) groups is 1. The second-order valence-corrected chi connectivity index (χ2v) is 8.70. The molecule has 4 rings (SSSR count). The fourth-order valence-corrected chi connectivity index (χ4v) is 4.85. The Hall–Kier alpha value is -2.83. The summed E-state index contributed by atoms with van der Waals surface area (Å²) in [4.78, 5) is 17.2. The van der Waals surface area contributed by atoms with Crippen molar-refractivity contribution in [2.24, 2.45) is 0 Å². The maximum Gasteiger partial charge on any atom is 0.255 e. The van der Waals surface area contributed by atoms with E-state index in [9.17, 15) is 4.79 Å². The molecule has 0 spiro atoms. The van der Waals surface area contributed by atoms with Crippen LogP contribution in [0.2, 0.25) is 0 Å². The minimum absolute atomic E-state index is 0.0201.